The Morgan fingerprint density at radius 2 is 2.05 bits per heavy atom. The summed E-state index contributed by atoms with van der Waals surface area (Å²) < 4.78 is 5.34. The van der Waals surface area contributed by atoms with Crippen LogP contribution in [0.15, 0.2) is 18.2 Å². The lowest BCUT2D eigenvalue weighted by molar-refractivity contribution is -0.119. The van der Waals surface area contributed by atoms with Crippen LogP contribution in [0.2, 0.25) is 0 Å². The maximum absolute atomic E-state index is 12.0. The molecular formula is C15H24N2O2. The standard InChI is InChI=1S/C15H24N2O2/c1-10(2)12-5-6-13(14(9-12)19-4)17-15(18)11(3)7-8-16/h5-6,9-11H,7-8,16H2,1-4H3,(H,17,18). The van der Waals surface area contributed by atoms with Gasteiger partial charge < -0.3 is 15.8 Å². The predicted octanol–water partition coefficient (Wildman–Crippen LogP) is 2.74. The number of hydrogen-bond donors (Lipinski definition) is 2. The topological polar surface area (TPSA) is 64.3 Å². The molecule has 106 valence electrons. The molecule has 0 bridgehead atoms. The summed E-state index contributed by atoms with van der Waals surface area (Å²) in [7, 11) is 1.61. The van der Waals surface area contributed by atoms with Crippen LogP contribution < -0.4 is 15.8 Å². The summed E-state index contributed by atoms with van der Waals surface area (Å²) in [6, 6.07) is 5.87. The fourth-order valence-corrected chi connectivity index (χ4v) is 1.81. The van der Waals surface area contributed by atoms with Crippen LogP contribution in [0, 0.1) is 5.92 Å². The van der Waals surface area contributed by atoms with Crippen molar-refractivity contribution in [2.75, 3.05) is 19.0 Å². The summed E-state index contributed by atoms with van der Waals surface area (Å²) in [5, 5.41) is 2.89. The normalized spacial score (nSPS) is 12.3. The van der Waals surface area contributed by atoms with E-state index in [1.807, 2.05) is 25.1 Å². The van der Waals surface area contributed by atoms with E-state index in [1.54, 1.807) is 7.11 Å². The molecule has 0 aliphatic rings. The monoisotopic (exact) mass is 264 g/mol. The molecule has 1 unspecified atom stereocenters. The van der Waals surface area contributed by atoms with Crippen molar-refractivity contribution in [3.05, 3.63) is 23.8 Å². The molecule has 1 aromatic carbocycles. The van der Waals surface area contributed by atoms with Crippen LogP contribution in [0.1, 0.15) is 38.7 Å². The molecule has 0 spiro atoms. The minimum absolute atomic E-state index is 0.0268. The number of carbonyl (C=O) groups excluding carboxylic acids is 1. The van der Waals surface area contributed by atoms with Gasteiger partial charge in [0.2, 0.25) is 5.91 Å². The Hall–Kier alpha value is -1.55. The SMILES string of the molecule is COc1cc(C(C)C)ccc1NC(=O)C(C)CCN. The van der Waals surface area contributed by atoms with E-state index >= 15 is 0 Å². The lowest BCUT2D eigenvalue weighted by Gasteiger charge is -2.15. The molecule has 1 aromatic rings. The van der Waals surface area contributed by atoms with Gasteiger partial charge in [0.25, 0.3) is 0 Å². The smallest absolute Gasteiger partial charge is 0.227 e. The van der Waals surface area contributed by atoms with Crippen molar-refractivity contribution in [2.24, 2.45) is 11.7 Å². The van der Waals surface area contributed by atoms with Gasteiger partial charge in [-0.3, -0.25) is 4.79 Å². The summed E-state index contributed by atoms with van der Waals surface area (Å²) in [5.74, 6) is 0.995. The van der Waals surface area contributed by atoms with Crippen LogP contribution in [0.5, 0.6) is 5.75 Å². The highest BCUT2D eigenvalue weighted by molar-refractivity contribution is 5.93. The number of methoxy groups -OCH3 is 1. The molecule has 1 atom stereocenters. The number of benzene rings is 1. The zero-order valence-electron chi connectivity index (χ0n) is 12.2. The lowest BCUT2D eigenvalue weighted by Crippen LogP contribution is -2.23. The van der Waals surface area contributed by atoms with E-state index < -0.39 is 0 Å². The Bertz CT molecular complexity index is 430. The summed E-state index contributed by atoms with van der Waals surface area (Å²) in [4.78, 5) is 12.0. The average molecular weight is 264 g/mol. The molecule has 19 heavy (non-hydrogen) atoms. The molecule has 0 aliphatic heterocycles. The van der Waals surface area contributed by atoms with Gasteiger partial charge in [-0.1, -0.05) is 26.8 Å². The average Bonchev–Trinajstić information content (AvgIpc) is 2.39. The third-order valence-electron chi connectivity index (χ3n) is 3.20. The Morgan fingerprint density at radius 3 is 2.58 bits per heavy atom. The quantitative estimate of drug-likeness (QED) is 0.830. The predicted molar refractivity (Wildman–Crippen MR) is 78.5 cm³/mol. The van der Waals surface area contributed by atoms with Gasteiger partial charge in [0.1, 0.15) is 5.75 Å². The van der Waals surface area contributed by atoms with Crippen LogP contribution >= 0.6 is 0 Å². The summed E-state index contributed by atoms with van der Waals surface area (Å²) >= 11 is 0. The van der Waals surface area contributed by atoms with Crippen molar-refractivity contribution in [2.45, 2.75) is 33.1 Å². The Morgan fingerprint density at radius 1 is 1.37 bits per heavy atom. The Kier molecular flexibility index (Phi) is 5.83. The Labute approximate surface area is 115 Å². The van der Waals surface area contributed by atoms with Gasteiger partial charge in [-0.05, 0) is 36.6 Å². The molecule has 0 saturated carbocycles. The molecule has 3 N–H and O–H groups in total. The minimum Gasteiger partial charge on any atom is -0.495 e. The van der Waals surface area contributed by atoms with Crippen LogP contribution in [0.4, 0.5) is 5.69 Å². The third kappa shape index (κ3) is 4.24. The van der Waals surface area contributed by atoms with E-state index in [4.69, 9.17) is 10.5 Å². The van der Waals surface area contributed by atoms with Crippen molar-refractivity contribution < 1.29 is 9.53 Å². The molecule has 1 amide bonds. The highest BCUT2D eigenvalue weighted by atomic mass is 16.5. The second kappa shape index (κ2) is 7.14. The summed E-state index contributed by atoms with van der Waals surface area (Å²) in [5.41, 5.74) is 7.36. The van der Waals surface area contributed by atoms with Crippen molar-refractivity contribution in [1.29, 1.82) is 0 Å². The number of hydrogen-bond acceptors (Lipinski definition) is 3. The second-order valence-electron chi connectivity index (χ2n) is 5.08. The van der Waals surface area contributed by atoms with Crippen molar-refractivity contribution in [3.63, 3.8) is 0 Å². The molecular weight excluding hydrogens is 240 g/mol. The third-order valence-corrected chi connectivity index (χ3v) is 3.20. The van der Waals surface area contributed by atoms with Crippen molar-refractivity contribution in [3.8, 4) is 5.75 Å². The zero-order chi connectivity index (χ0) is 14.4. The molecule has 4 nitrogen and oxygen atoms in total. The number of anilines is 1. The molecule has 0 heterocycles. The number of amides is 1. The zero-order valence-corrected chi connectivity index (χ0v) is 12.2. The maximum atomic E-state index is 12.0. The van der Waals surface area contributed by atoms with E-state index in [1.165, 1.54) is 5.56 Å². The number of carbonyl (C=O) groups is 1. The van der Waals surface area contributed by atoms with Gasteiger partial charge >= 0.3 is 0 Å². The van der Waals surface area contributed by atoms with Crippen LogP contribution in [-0.2, 0) is 4.79 Å². The number of rotatable bonds is 6. The fraction of sp³-hybridized carbons (Fsp3) is 0.533. The summed E-state index contributed by atoms with van der Waals surface area (Å²) in [6.45, 7) is 6.63. The minimum atomic E-state index is -0.0977. The Balaban J connectivity index is 2.86. The maximum Gasteiger partial charge on any atom is 0.227 e. The molecule has 0 aromatic heterocycles. The van der Waals surface area contributed by atoms with Crippen LogP contribution in [-0.4, -0.2) is 19.6 Å². The largest absolute Gasteiger partial charge is 0.495 e. The molecule has 4 heteroatoms. The van der Waals surface area contributed by atoms with Gasteiger partial charge in [-0.2, -0.15) is 0 Å². The van der Waals surface area contributed by atoms with E-state index in [0.717, 1.165) is 0 Å². The first kappa shape index (κ1) is 15.5. The van der Waals surface area contributed by atoms with Gasteiger partial charge in [0.15, 0.2) is 0 Å². The van der Waals surface area contributed by atoms with Gasteiger partial charge in [0.05, 0.1) is 12.8 Å². The van der Waals surface area contributed by atoms with E-state index in [9.17, 15) is 4.79 Å². The second-order valence-corrected chi connectivity index (χ2v) is 5.08. The number of nitrogens with two attached hydrogens (primary N) is 1. The van der Waals surface area contributed by atoms with Gasteiger partial charge in [0, 0.05) is 5.92 Å². The first-order chi connectivity index (χ1) is 8.99. The fourth-order valence-electron chi connectivity index (χ4n) is 1.81. The van der Waals surface area contributed by atoms with Crippen molar-refractivity contribution in [1.82, 2.24) is 0 Å². The van der Waals surface area contributed by atoms with E-state index in [0.29, 0.717) is 30.3 Å². The van der Waals surface area contributed by atoms with Crippen LogP contribution in [0.25, 0.3) is 0 Å². The van der Waals surface area contributed by atoms with Gasteiger partial charge in [-0.25, -0.2) is 0 Å². The number of nitrogens with one attached hydrogen (secondary N) is 1. The van der Waals surface area contributed by atoms with E-state index in [-0.39, 0.29) is 11.8 Å². The summed E-state index contributed by atoms with van der Waals surface area (Å²) in [6.07, 6.45) is 0.679. The number of ether oxygens (including phenoxy) is 1. The van der Waals surface area contributed by atoms with Gasteiger partial charge in [-0.15, -0.1) is 0 Å². The first-order valence-corrected chi connectivity index (χ1v) is 6.68. The van der Waals surface area contributed by atoms with Crippen LogP contribution in [0.3, 0.4) is 0 Å². The first-order valence-electron chi connectivity index (χ1n) is 6.68. The molecule has 0 radical (unpaired) electrons. The highest BCUT2D eigenvalue weighted by Crippen LogP contribution is 2.29. The molecule has 0 aliphatic carbocycles. The van der Waals surface area contributed by atoms with E-state index in [2.05, 4.69) is 19.2 Å². The molecule has 0 fully saturated rings. The molecule has 0 saturated heterocycles. The highest BCUT2D eigenvalue weighted by Gasteiger charge is 2.14. The van der Waals surface area contributed by atoms with Crippen molar-refractivity contribution >= 4 is 11.6 Å². The lowest BCUT2D eigenvalue weighted by atomic mass is 10.0. The molecule has 1 rings (SSSR count).